The molecule has 0 bridgehead atoms. The third kappa shape index (κ3) is 3.19. The zero-order valence-corrected chi connectivity index (χ0v) is 10.3. The third-order valence-electron chi connectivity index (χ3n) is 1.28. The average Bonchev–Trinajstić information content (AvgIpc) is 1.97. The molecule has 0 saturated carbocycles. The lowest BCUT2D eigenvalue weighted by Gasteiger charge is -2.11. The first kappa shape index (κ1) is 11.9. The lowest BCUT2D eigenvalue weighted by atomic mass is 10.3. The van der Waals surface area contributed by atoms with E-state index < -0.39 is 6.36 Å². The van der Waals surface area contributed by atoms with Crippen molar-refractivity contribution in [1.29, 1.82) is 0 Å². The van der Waals surface area contributed by atoms with Crippen LogP contribution in [0.1, 0.15) is 0 Å². The summed E-state index contributed by atoms with van der Waals surface area (Å²) in [4.78, 5) is 0. The average molecular weight is 382 g/mol. The number of hydrogen-bond donors (Lipinski definition) is 1. The van der Waals surface area contributed by atoms with Crippen LogP contribution in [-0.4, -0.2) is 6.36 Å². The molecule has 0 spiro atoms. The Hall–Kier alpha value is -0.180. The monoisotopic (exact) mass is 381 g/mol. The van der Waals surface area contributed by atoms with Crippen molar-refractivity contribution in [3.63, 3.8) is 0 Å². The van der Waals surface area contributed by atoms with Crippen molar-refractivity contribution in [3.8, 4) is 5.75 Å². The smallest absolute Gasteiger partial charge is 0.405 e. The zero-order chi connectivity index (χ0) is 10.9. The molecule has 0 radical (unpaired) electrons. The van der Waals surface area contributed by atoms with Gasteiger partial charge in [0.25, 0.3) is 0 Å². The highest BCUT2D eigenvalue weighted by molar-refractivity contribution is 14.1. The van der Waals surface area contributed by atoms with Crippen molar-refractivity contribution in [1.82, 2.24) is 0 Å². The Morgan fingerprint density at radius 2 is 1.93 bits per heavy atom. The number of ether oxygens (including phenoxy) is 1. The summed E-state index contributed by atoms with van der Waals surface area (Å²) in [6.45, 7) is 0. The summed E-state index contributed by atoms with van der Waals surface area (Å²) in [5, 5.41) is 0. The normalized spacial score (nSPS) is 11.5. The molecule has 2 N–H and O–H groups in total. The molecular formula is C7H4BrF3INO. The first-order chi connectivity index (χ1) is 6.29. The summed E-state index contributed by atoms with van der Waals surface area (Å²) in [5.74, 6) is -0.338. The molecule has 2 nitrogen and oxygen atoms in total. The summed E-state index contributed by atoms with van der Waals surface area (Å²) in [7, 11) is 0. The summed E-state index contributed by atoms with van der Waals surface area (Å²) < 4.78 is 40.2. The van der Waals surface area contributed by atoms with Crippen LogP contribution < -0.4 is 10.5 Å². The molecule has 78 valence electrons. The van der Waals surface area contributed by atoms with E-state index in [9.17, 15) is 13.2 Å². The Morgan fingerprint density at radius 3 is 2.43 bits per heavy atom. The molecule has 0 heterocycles. The van der Waals surface area contributed by atoms with Crippen molar-refractivity contribution in [2.75, 3.05) is 5.73 Å². The van der Waals surface area contributed by atoms with E-state index in [0.29, 0.717) is 3.57 Å². The van der Waals surface area contributed by atoms with Gasteiger partial charge in [0.1, 0.15) is 5.75 Å². The quantitative estimate of drug-likeness (QED) is 0.596. The Balaban J connectivity index is 3.04. The highest BCUT2D eigenvalue weighted by Crippen LogP contribution is 2.34. The van der Waals surface area contributed by atoms with E-state index in [1.807, 2.05) is 22.6 Å². The van der Waals surface area contributed by atoms with E-state index in [4.69, 9.17) is 5.73 Å². The predicted molar refractivity (Wildman–Crippen MR) is 58.0 cm³/mol. The molecule has 0 aliphatic rings. The van der Waals surface area contributed by atoms with Gasteiger partial charge in [-0.25, -0.2) is 0 Å². The van der Waals surface area contributed by atoms with Crippen LogP contribution in [-0.2, 0) is 0 Å². The lowest BCUT2D eigenvalue weighted by molar-refractivity contribution is -0.274. The van der Waals surface area contributed by atoms with Crippen LogP contribution in [0.15, 0.2) is 16.6 Å². The fourth-order valence-electron chi connectivity index (χ4n) is 0.748. The Bertz CT molecular complexity index is 356. The summed E-state index contributed by atoms with van der Waals surface area (Å²) >= 11 is 4.86. The number of halogens is 5. The fourth-order valence-corrected chi connectivity index (χ4v) is 2.07. The van der Waals surface area contributed by atoms with E-state index in [2.05, 4.69) is 20.7 Å². The summed E-state index contributed by atoms with van der Waals surface area (Å²) in [6, 6.07) is 2.58. The van der Waals surface area contributed by atoms with Crippen molar-refractivity contribution in [2.45, 2.75) is 6.36 Å². The van der Waals surface area contributed by atoms with Gasteiger partial charge in [-0.3, -0.25) is 0 Å². The number of nitrogen functional groups attached to an aromatic ring is 1. The lowest BCUT2D eigenvalue weighted by Crippen LogP contribution is -2.17. The van der Waals surface area contributed by atoms with Gasteiger partial charge in [-0.1, -0.05) is 0 Å². The minimum atomic E-state index is -4.71. The van der Waals surface area contributed by atoms with Crippen LogP contribution in [0.4, 0.5) is 18.9 Å². The van der Waals surface area contributed by atoms with E-state index in [1.165, 1.54) is 6.07 Å². The zero-order valence-electron chi connectivity index (χ0n) is 6.53. The van der Waals surface area contributed by atoms with Crippen molar-refractivity contribution in [3.05, 3.63) is 20.2 Å². The molecule has 0 atom stereocenters. The van der Waals surface area contributed by atoms with E-state index in [0.717, 1.165) is 6.07 Å². The van der Waals surface area contributed by atoms with Crippen LogP contribution in [0, 0.1) is 3.57 Å². The van der Waals surface area contributed by atoms with Gasteiger partial charge < -0.3 is 10.5 Å². The van der Waals surface area contributed by atoms with Gasteiger partial charge in [0.15, 0.2) is 0 Å². The SMILES string of the molecule is Nc1cc(OC(F)(F)F)c(Br)cc1I. The molecule has 0 unspecified atom stereocenters. The van der Waals surface area contributed by atoms with Gasteiger partial charge >= 0.3 is 6.36 Å². The topological polar surface area (TPSA) is 35.2 Å². The summed E-state index contributed by atoms with van der Waals surface area (Å²) in [6.07, 6.45) is -4.71. The standard InChI is InChI=1S/C7H4BrF3INO/c8-3-1-4(12)5(13)2-6(3)14-7(9,10)11/h1-2H,13H2. The van der Waals surface area contributed by atoms with Crippen LogP contribution in [0.2, 0.25) is 0 Å². The minimum absolute atomic E-state index is 0.216. The second-order valence-corrected chi connectivity index (χ2v) is 4.37. The fraction of sp³-hybridized carbons (Fsp3) is 0.143. The molecule has 14 heavy (non-hydrogen) atoms. The second kappa shape index (κ2) is 4.13. The van der Waals surface area contributed by atoms with Crippen molar-refractivity contribution in [2.24, 2.45) is 0 Å². The minimum Gasteiger partial charge on any atom is -0.405 e. The van der Waals surface area contributed by atoms with Crippen LogP contribution >= 0.6 is 38.5 Å². The highest BCUT2D eigenvalue weighted by Gasteiger charge is 2.32. The molecule has 1 aromatic rings. The van der Waals surface area contributed by atoms with Gasteiger partial charge in [0.2, 0.25) is 0 Å². The molecule has 1 rings (SSSR count). The first-order valence-electron chi connectivity index (χ1n) is 3.30. The number of nitrogens with two attached hydrogens (primary N) is 1. The maximum absolute atomic E-state index is 11.9. The maximum atomic E-state index is 11.9. The van der Waals surface area contributed by atoms with Gasteiger partial charge in [-0.05, 0) is 44.6 Å². The number of anilines is 1. The number of hydrogen-bond acceptors (Lipinski definition) is 2. The highest BCUT2D eigenvalue weighted by atomic mass is 127. The van der Waals surface area contributed by atoms with E-state index in [-0.39, 0.29) is 15.9 Å². The van der Waals surface area contributed by atoms with Gasteiger partial charge in [-0.2, -0.15) is 0 Å². The van der Waals surface area contributed by atoms with Gasteiger partial charge in [0, 0.05) is 15.3 Å². The Kier molecular flexibility index (Phi) is 3.51. The molecule has 7 heteroatoms. The van der Waals surface area contributed by atoms with Crippen molar-refractivity contribution >= 4 is 44.2 Å². The van der Waals surface area contributed by atoms with Gasteiger partial charge in [-0.15, -0.1) is 13.2 Å². The molecule has 0 aromatic heterocycles. The molecule has 0 aliphatic heterocycles. The summed E-state index contributed by atoms with van der Waals surface area (Å²) in [5.41, 5.74) is 5.68. The molecule has 0 fully saturated rings. The third-order valence-corrected chi connectivity index (χ3v) is 2.83. The van der Waals surface area contributed by atoms with Crippen molar-refractivity contribution < 1.29 is 17.9 Å². The molecule has 0 aliphatic carbocycles. The first-order valence-corrected chi connectivity index (χ1v) is 5.17. The number of rotatable bonds is 1. The van der Waals surface area contributed by atoms with Crippen LogP contribution in [0.5, 0.6) is 5.75 Å². The van der Waals surface area contributed by atoms with Gasteiger partial charge in [0.05, 0.1) is 4.47 Å². The Labute approximate surface area is 99.9 Å². The largest absolute Gasteiger partial charge is 0.573 e. The maximum Gasteiger partial charge on any atom is 0.573 e. The molecule has 0 saturated heterocycles. The van der Waals surface area contributed by atoms with E-state index >= 15 is 0 Å². The Morgan fingerprint density at radius 1 is 1.36 bits per heavy atom. The molecule has 0 amide bonds. The van der Waals surface area contributed by atoms with E-state index in [1.54, 1.807) is 0 Å². The molecular weight excluding hydrogens is 378 g/mol. The number of alkyl halides is 3. The number of benzene rings is 1. The van der Waals surface area contributed by atoms with Crippen LogP contribution in [0.25, 0.3) is 0 Å². The van der Waals surface area contributed by atoms with Crippen LogP contribution in [0.3, 0.4) is 0 Å². The molecule has 1 aromatic carbocycles. The second-order valence-electron chi connectivity index (χ2n) is 2.35. The predicted octanol–water partition coefficient (Wildman–Crippen LogP) is 3.53.